The van der Waals surface area contributed by atoms with Gasteiger partial charge in [-0.05, 0) is 5.56 Å². The topological polar surface area (TPSA) is 100 Å². The van der Waals surface area contributed by atoms with Crippen LogP contribution in [-0.4, -0.2) is 35.8 Å². The Morgan fingerprint density at radius 2 is 2.04 bits per heavy atom. The first-order valence-electron chi connectivity index (χ1n) is 8.15. The number of nitrogens with two attached hydrogens (primary N) is 1. The van der Waals surface area contributed by atoms with Gasteiger partial charge in [0.15, 0.2) is 14.9 Å². The van der Waals surface area contributed by atoms with Gasteiger partial charge in [-0.2, -0.15) is 0 Å². The molecule has 1 aliphatic heterocycles. The Bertz CT molecular complexity index is 1080. The lowest BCUT2D eigenvalue weighted by Gasteiger charge is -2.08. The summed E-state index contributed by atoms with van der Waals surface area (Å²) in [7, 11) is -3.48. The Kier molecular flexibility index (Phi) is 3.91. The van der Waals surface area contributed by atoms with Crippen molar-refractivity contribution < 1.29 is 13.2 Å². The van der Waals surface area contributed by atoms with E-state index in [1.54, 1.807) is 16.8 Å². The molecule has 0 atom stereocenters. The van der Waals surface area contributed by atoms with E-state index in [-0.39, 0.29) is 5.03 Å². The highest BCUT2D eigenvalue weighted by atomic mass is 32.2. The SMILES string of the molecule is CS(=O)(=O)c1c(Cc2ccccc2)nc2n1CCOc1cc(N)ncc1-2. The third-order valence-electron chi connectivity index (χ3n) is 4.25. The molecule has 0 amide bonds. The normalized spacial score (nSPS) is 13.4. The van der Waals surface area contributed by atoms with Gasteiger partial charge in [0.25, 0.3) is 0 Å². The summed E-state index contributed by atoms with van der Waals surface area (Å²) in [4.78, 5) is 8.78. The van der Waals surface area contributed by atoms with Gasteiger partial charge in [0.05, 0.1) is 17.8 Å². The minimum absolute atomic E-state index is 0.227. The second-order valence-corrected chi connectivity index (χ2v) is 8.16. The van der Waals surface area contributed by atoms with E-state index in [1.165, 1.54) is 6.26 Å². The fourth-order valence-electron chi connectivity index (χ4n) is 3.21. The summed E-state index contributed by atoms with van der Waals surface area (Å²) in [6.45, 7) is 0.710. The molecule has 7 nitrogen and oxygen atoms in total. The third kappa shape index (κ3) is 2.92. The van der Waals surface area contributed by atoms with Gasteiger partial charge in [0, 0.05) is 24.9 Å². The highest BCUT2D eigenvalue weighted by Crippen LogP contribution is 2.35. The number of ether oxygens (including phenoxy) is 1. The number of aromatic nitrogens is 3. The molecular formula is C18H18N4O3S. The molecule has 0 aliphatic carbocycles. The summed E-state index contributed by atoms with van der Waals surface area (Å²) in [6, 6.07) is 11.3. The van der Waals surface area contributed by atoms with Gasteiger partial charge in [-0.1, -0.05) is 30.3 Å². The van der Waals surface area contributed by atoms with Crippen molar-refractivity contribution in [2.75, 3.05) is 18.6 Å². The molecule has 0 saturated heterocycles. The fraction of sp³-hybridized carbons (Fsp3) is 0.222. The lowest BCUT2D eigenvalue weighted by atomic mass is 10.1. The predicted octanol–water partition coefficient (Wildman–Crippen LogP) is 1.91. The number of hydrogen-bond acceptors (Lipinski definition) is 6. The molecule has 134 valence electrons. The Balaban J connectivity index is 1.93. The smallest absolute Gasteiger partial charge is 0.192 e. The van der Waals surface area contributed by atoms with Crippen molar-refractivity contribution in [3.8, 4) is 17.1 Å². The molecule has 0 fully saturated rings. The van der Waals surface area contributed by atoms with Crippen molar-refractivity contribution >= 4 is 15.7 Å². The minimum Gasteiger partial charge on any atom is -0.491 e. The maximum atomic E-state index is 12.5. The summed E-state index contributed by atoms with van der Waals surface area (Å²) < 4.78 is 32.5. The van der Waals surface area contributed by atoms with Crippen LogP contribution >= 0.6 is 0 Å². The summed E-state index contributed by atoms with van der Waals surface area (Å²) in [5.74, 6) is 1.44. The van der Waals surface area contributed by atoms with E-state index in [2.05, 4.69) is 9.97 Å². The molecular weight excluding hydrogens is 352 g/mol. The zero-order chi connectivity index (χ0) is 18.3. The van der Waals surface area contributed by atoms with Crippen molar-refractivity contribution in [2.24, 2.45) is 0 Å². The molecule has 4 rings (SSSR count). The van der Waals surface area contributed by atoms with E-state index in [0.29, 0.717) is 48.2 Å². The van der Waals surface area contributed by atoms with Gasteiger partial charge < -0.3 is 15.0 Å². The molecule has 1 aromatic carbocycles. The van der Waals surface area contributed by atoms with Crippen LogP contribution in [0.4, 0.5) is 5.82 Å². The summed E-state index contributed by atoms with van der Waals surface area (Å²) >= 11 is 0. The van der Waals surface area contributed by atoms with Gasteiger partial charge in [-0.15, -0.1) is 0 Å². The van der Waals surface area contributed by atoms with Gasteiger partial charge >= 0.3 is 0 Å². The predicted molar refractivity (Wildman–Crippen MR) is 97.7 cm³/mol. The number of imidazole rings is 1. The second-order valence-electron chi connectivity index (χ2n) is 6.23. The van der Waals surface area contributed by atoms with Gasteiger partial charge in [-0.3, -0.25) is 0 Å². The Hall–Kier alpha value is -2.87. The number of hydrogen-bond donors (Lipinski definition) is 1. The van der Waals surface area contributed by atoms with E-state index in [1.807, 2.05) is 30.3 Å². The maximum absolute atomic E-state index is 12.5. The number of rotatable bonds is 3. The number of fused-ring (bicyclic) bond motifs is 3. The van der Waals surface area contributed by atoms with Crippen molar-refractivity contribution in [2.45, 2.75) is 18.0 Å². The Labute approximate surface area is 151 Å². The van der Waals surface area contributed by atoms with Crippen LogP contribution in [-0.2, 0) is 22.8 Å². The lowest BCUT2D eigenvalue weighted by molar-refractivity contribution is 0.302. The number of pyridine rings is 1. The van der Waals surface area contributed by atoms with Crippen molar-refractivity contribution in [3.63, 3.8) is 0 Å². The number of sulfone groups is 1. The lowest BCUT2D eigenvalue weighted by Crippen LogP contribution is -2.13. The number of nitrogens with zero attached hydrogens (tertiary/aromatic N) is 3. The van der Waals surface area contributed by atoms with E-state index in [0.717, 1.165) is 5.56 Å². The number of nitrogen functional groups attached to an aromatic ring is 1. The first kappa shape index (κ1) is 16.6. The highest BCUT2D eigenvalue weighted by Gasteiger charge is 2.28. The van der Waals surface area contributed by atoms with Crippen LogP contribution in [0.2, 0.25) is 0 Å². The van der Waals surface area contributed by atoms with Crippen LogP contribution in [0.5, 0.6) is 5.75 Å². The molecule has 3 heterocycles. The Morgan fingerprint density at radius 1 is 1.27 bits per heavy atom. The van der Waals surface area contributed by atoms with Crippen LogP contribution in [0.25, 0.3) is 11.4 Å². The molecule has 0 bridgehead atoms. The average Bonchev–Trinajstić information content (AvgIpc) is 2.85. The fourth-order valence-corrected chi connectivity index (χ4v) is 4.33. The first-order valence-corrected chi connectivity index (χ1v) is 10.0. The molecule has 0 unspecified atom stereocenters. The summed E-state index contributed by atoms with van der Waals surface area (Å²) in [6.07, 6.45) is 3.22. The zero-order valence-corrected chi connectivity index (χ0v) is 15.0. The monoisotopic (exact) mass is 370 g/mol. The van der Waals surface area contributed by atoms with Crippen LogP contribution in [0.3, 0.4) is 0 Å². The third-order valence-corrected chi connectivity index (χ3v) is 5.41. The molecule has 1 aliphatic rings. The van der Waals surface area contributed by atoms with E-state index >= 15 is 0 Å². The minimum atomic E-state index is -3.48. The molecule has 26 heavy (non-hydrogen) atoms. The van der Waals surface area contributed by atoms with Crippen molar-refractivity contribution in [1.82, 2.24) is 14.5 Å². The van der Waals surface area contributed by atoms with Gasteiger partial charge in [0.2, 0.25) is 0 Å². The summed E-state index contributed by atoms with van der Waals surface area (Å²) in [5.41, 5.74) is 7.91. The molecule has 0 saturated carbocycles. The van der Waals surface area contributed by atoms with Gasteiger partial charge in [-0.25, -0.2) is 18.4 Å². The van der Waals surface area contributed by atoms with E-state index in [4.69, 9.17) is 10.5 Å². The molecule has 3 aromatic rings. The van der Waals surface area contributed by atoms with Crippen LogP contribution < -0.4 is 10.5 Å². The van der Waals surface area contributed by atoms with E-state index < -0.39 is 9.84 Å². The van der Waals surface area contributed by atoms with Crippen molar-refractivity contribution in [3.05, 3.63) is 53.9 Å². The molecule has 2 N–H and O–H groups in total. The van der Waals surface area contributed by atoms with Crippen LogP contribution in [0.1, 0.15) is 11.3 Å². The molecule has 8 heteroatoms. The molecule has 0 spiro atoms. The standard InChI is InChI=1S/C18H18N4O3S/c1-26(23,24)18-14(9-12-5-3-2-4-6-12)21-17-13-11-20-16(19)10-15(13)25-8-7-22(17)18/h2-6,10-11H,7-9H2,1H3,(H2,19,20). The molecule has 0 radical (unpaired) electrons. The van der Waals surface area contributed by atoms with Gasteiger partial charge in [0.1, 0.15) is 24.0 Å². The number of anilines is 1. The largest absolute Gasteiger partial charge is 0.491 e. The van der Waals surface area contributed by atoms with E-state index in [9.17, 15) is 8.42 Å². The quantitative estimate of drug-likeness (QED) is 0.756. The highest BCUT2D eigenvalue weighted by molar-refractivity contribution is 7.90. The average molecular weight is 370 g/mol. The maximum Gasteiger partial charge on any atom is 0.192 e. The Morgan fingerprint density at radius 3 is 2.77 bits per heavy atom. The molecule has 2 aromatic heterocycles. The first-order chi connectivity index (χ1) is 12.4. The van der Waals surface area contributed by atoms with Crippen LogP contribution in [0.15, 0.2) is 47.6 Å². The zero-order valence-electron chi connectivity index (χ0n) is 14.2. The van der Waals surface area contributed by atoms with Crippen LogP contribution in [0, 0.1) is 0 Å². The second kappa shape index (κ2) is 6.14. The number of benzene rings is 1. The summed E-state index contributed by atoms with van der Waals surface area (Å²) in [5, 5.41) is 0.227. The van der Waals surface area contributed by atoms with Crippen molar-refractivity contribution in [1.29, 1.82) is 0 Å².